The van der Waals surface area contributed by atoms with E-state index >= 15 is 0 Å². The molecule has 78 valence electrons. The molecule has 2 rings (SSSR count). The molecule has 2 aromatic rings. The van der Waals surface area contributed by atoms with E-state index in [0.29, 0.717) is 11.0 Å². The van der Waals surface area contributed by atoms with Crippen LogP contribution >= 0.6 is 34.2 Å². The summed E-state index contributed by atoms with van der Waals surface area (Å²) in [6.45, 7) is 3.79. The third-order valence-electron chi connectivity index (χ3n) is 2.08. The van der Waals surface area contributed by atoms with E-state index in [-0.39, 0.29) is 0 Å². The molecule has 0 aliphatic rings. The lowest BCUT2D eigenvalue weighted by Gasteiger charge is -2.03. The van der Waals surface area contributed by atoms with Crippen molar-refractivity contribution < 1.29 is 4.42 Å². The highest BCUT2D eigenvalue weighted by atomic mass is 127. The molecule has 2 heterocycles. The maximum atomic E-state index is 6.00. The highest BCUT2D eigenvalue weighted by molar-refractivity contribution is 14.1. The minimum atomic E-state index is 0.485. The van der Waals surface area contributed by atoms with Gasteiger partial charge in [0.25, 0.3) is 0 Å². The van der Waals surface area contributed by atoms with Gasteiger partial charge in [-0.1, -0.05) is 11.6 Å². The Bertz CT molecular complexity index is 487. The largest absolute Gasteiger partial charge is 0.469 e. The van der Waals surface area contributed by atoms with E-state index < -0.39 is 0 Å². The number of aromatic nitrogens is 2. The van der Waals surface area contributed by atoms with Crippen molar-refractivity contribution in [3.8, 4) is 11.4 Å². The van der Waals surface area contributed by atoms with Gasteiger partial charge in [0.2, 0.25) is 0 Å². The SMILES string of the molecule is Cc1nc(-c2ccoc2C)nc(Cl)c1I. The first kappa shape index (κ1) is 10.9. The molecule has 0 aliphatic carbocycles. The van der Waals surface area contributed by atoms with E-state index in [1.165, 1.54) is 0 Å². The summed E-state index contributed by atoms with van der Waals surface area (Å²) < 4.78 is 6.09. The number of nitrogens with zero attached hydrogens (tertiary/aromatic N) is 2. The summed E-state index contributed by atoms with van der Waals surface area (Å²) in [6.07, 6.45) is 1.62. The lowest BCUT2D eigenvalue weighted by atomic mass is 10.2. The first-order valence-corrected chi connectivity index (χ1v) is 5.79. The number of hydrogen-bond donors (Lipinski definition) is 0. The molecule has 0 atom stereocenters. The lowest BCUT2D eigenvalue weighted by molar-refractivity contribution is 0.535. The van der Waals surface area contributed by atoms with Gasteiger partial charge in [-0.3, -0.25) is 0 Å². The Balaban J connectivity index is 2.60. The first-order valence-electron chi connectivity index (χ1n) is 4.33. The molecule has 0 amide bonds. The Labute approximate surface area is 106 Å². The van der Waals surface area contributed by atoms with Gasteiger partial charge in [0.1, 0.15) is 10.9 Å². The van der Waals surface area contributed by atoms with Crippen LogP contribution in [-0.4, -0.2) is 9.97 Å². The Hall–Kier alpha value is -0.620. The van der Waals surface area contributed by atoms with Crippen molar-refractivity contribution >= 4 is 34.2 Å². The van der Waals surface area contributed by atoms with Gasteiger partial charge in [-0.2, -0.15) is 0 Å². The first-order chi connectivity index (χ1) is 7.09. The maximum absolute atomic E-state index is 6.00. The molecule has 0 saturated carbocycles. The standard InChI is InChI=1S/C10H8ClIN2O/c1-5-8(12)9(11)14-10(13-5)7-3-4-15-6(7)2/h3-4H,1-2H3. The maximum Gasteiger partial charge on any atom is 0.164 e. The molecule has 0 aromatic carbocycles. The van der Waals surface area contributed by atoms with Crippen LogP contribution in [-0.2, 0) is 0 Å². The quantitative estimate of drug-likeness (QED) is 0.591. The third-order valence-corrected chi connectivity index (χ3v) is 3.96. The predicted octanol–water partition coefficient (Wildman–Crippen LogP) is 3.61. The summed E-state index contributed by atoms with van der Waals surface area (Å²) in [6, 6.07) is 1.84. The smallest absolute Gasteiger partial charge is 0.164 e. The Morgan fingerprint density at radius 1 is 1.33 bits per heavy atom. The van der Waals surface area contributed by atoms with Crippen LogP contribution in [0.4, 0.5) is 0 Å². The fourth-order valence-electron chi connectivity index (χ4n) is 1.26. The van der Waals surface area contributed by atoms with Gasteiger partial charge in [-0.15, -0.1) is 0 Å². The van der Waals surface area contributed by atoms with Gasteiger partial charge >= 0.3 is 0 Å². The monoisotopic (exact) mass is 334 g/mol. The number of aryl methyl sites for hydroxylation is 2. The van der Waals surface area contributed by atoms with Crippen molar-refractivity contribution in [1.82, 2.24) is 9.97 Å². The summed E-state index contributed by atoms with van der Waals surface area (Å²) in [4.78, 5) is 8.60. The average Bonchev–Trinajstić information content (AvgIpc) is 2.60. The Kier molecular flexibility index (Phi) is 2.97. The zero-order chi connectivity index (χ0) is 11.0. The average molecular weight is 335 g/mol. The van der Waals surface area contributed by atoms with E-state index in [9.17, 15) is 0 Å². The topological polar surface area (TPSA) is 38.9 Å². The van der Waals surface area contributed by atoms with Crippen molar-refractivity contribution in [1.29, 1.82) is 0 Å². The van der Waals surface area contributed by atoms with Gasteiger partial charge in [-0.25, -0.2) is 9.97 Å². The predicted molar refractivity (Wildman–Crippen MR) is 66.9 cm³/mol. The van der Waals surface area contributed by atoms with E-state index in [1.54, 1.807) is 6.26 Å². The molecule has 0 bridgehead atoms. The molecular formula is C10H8ClIN2O. The summed E-state index contributed by atoms with van der Waals surface area (Å²) in [5.41, 5.74) is 1.77. The Morgan fingerprint density at radius 2 is 2.07 bits per heavy atom. The molecule has 0 radical (unpaired) electrons. The third kappa shape index (κ3) is 2.01. The second-order valence-electron chi connectivity index (χ2n) is 3.13. The zero-order valence-corrected chi connectivity index (χ0v) is 11.1. The van der Waals surface area contributed by atoms with Gasteiger partial charge in [-0.05, 0) is 42.5 Å². The molecule has 2 aromatic heterocycles. The summed E-state index contributed by atoms with van der Waals surface area (Å²) >= 11 is 8.13. The van der Waals surface area contributed by atoms with Crippen LogP contribution < -0.4 is 0 Å². The van der Waals surface area contributed by atoms with Crippen LogP contribution in [0.3, 0.4) is 0 Å². The van der Waals surface area contributed by atoms with Gasteiger partial charge in [0.05, 0.1) is 21.1 Å². The van der Waals surface area contributed by atoms with E-state index in [2.05, 4.69) is 32.6 Å². The summed E-state index contributed by atoms with van der Waals surface area (Å²) in [7, 11) is 0. The normalized spacial score (nSPS) is 10.7. The van der Waals surface area contributed by atoms with Gasteiger partial charge in [0.15, 0.2) is 5.82 Å². The minimum Gasteiger partial charge on any atom is -0.469 e. The van der Waals surface area contributed by atoms with Gasteiger partial charge < -0.3 is 4.42 Å². The second kappa shape index (κ2) is 4.09. The molecule has 0 saturated heterocycles. The molecule has 0 spiro atoms. The molecule has 5 heteroatoms. The second-order valence-corrected chi connectivity index (χ2v) is 4.56. The highest BCUT2D eigenvalue weighted by Crippen LogP contribution is 2.25. The summed E-state index contributed by atoms with van der Waals surface area (Å²) in [5.74, 6) is 1.41. The number of furan rings is 1. The molecule has 0 fully saturated rings. The zero-order valence-electron chi connectivity index (χ0n) is 8.21. The Morgan fingerprint density at radius 3 is 2.60 bits per heavy atom. The van der Waals surface area contributed by atoms with E-state index in [0.717, 1.165) is 20.6 Å². The van der Waals surface area contributed by atoms with Crippen LogP contribution in [0.5, 0.6) is 0 Å². The number of hydrogen-bond acceptors (Lipinski definition) is 3. The molecule has 0 unspecified atom stereocenters. The van der Waals surface area contributed by atoms with Crippen molar-refractivity contribution in [3.05, 3.63) is 32.5 Å². The highest BCUT2D eigenvalue weighted by Gasteiger charge is 2.12. The van der Waals surface area contributed by atoms with Crippen LogP contribution in [0.2, 0.25) is 5.15 Å². The van der Waals surface area contributed by atoms with E-state index in [1.807, 2.05) is 19.9 Å². The fourth-order valence-corrected chi connectivity index (χ4v) is 1.72. The van der Waals surface area contributed by atoms with Crippen LogP contribution in [0.15, 0.2) is 16.7 Å². The molecule has 3 nitrogen and oxygen atoms in total. The van der Waals surface area contributed by atoms with Gasteiger partial charge in [0, 0.05) is 0 Å². The van der Waals surface area contributed by atoms with Crippen LogP contribution in [0, 0.1) is 17.4 Å². The number of rotatable bonds is 1. The molecule has 0 aliphatic heterocycles. The molecule has 15 heavy (non-hydrogen) atoms. The van der Waals surface area contributed by atoms with Crippen LogP contribution in [0.1, 0.15) is 11.5 Å². The van der Waals surface area contributed by atoms with Crippen LogP contribution in [0.25, 0.3) is 11.4 Å². The fraction of sp³-hybridized carbons (Fsp3) is 0.200. The summed E-state index contributed by atoms with van der Waals surface area (Å²) in [5, 5.41) is 0.485. The molecule has 0 N–H and O–H groups in total. The van der Waals surface area contributed by atoms with E-state index in [4.69, 9.17) is 16.0 Å². The minimum absolute atomic E-state index is 0.485. The lowest BCUT2D eigenvalue weighted by Crippen LogP contribution is -1.96. The van der Waals surface area contributed by atoms with Crippen molar-refractivity contribution in [2.24, 2.45) is 0 Å². The van der Waals surface area contributed by atoms with Crippen molar-refractivity contribution in [3.63, 3.8) is 0 Å². The van der Waals surface area contributed by atoms with Crippen molar-refractivity contribution in [2.45, 2.75) is 13.8 Å². The number of halogens is 2. The van der Waals surface area contributed by atoms with Crippen molar-refractivity contribution in [2.75, 3.05) is 0 Å². The molecular weight excluding hydrogens is 326 g/mol.